The lowest BCUT2D eigenvalue weighted by molar-refractivity contribution is 0.120. The van der Waals surface area contributed by atoms with Crippen molar-refractivity contribution in [1.82, 2.24) is 19.4 Å². The van der Waals surface area contributed by atoms with Gasteiger partial charge in [-0.25, -0.2) is 13.1 Å². The molecule has 2 rings (SSSR count). The van der Waals surface area contributed by atoms with E-state index in [1.165, 1.54) is 29.8 Å². The fourth-order valence-corrected chi connectivity index (χ4v) is 3.92. The van der Waals surface area contributed by atoms with Crippen LogP contribution in [0, 0.1) is 5.41 Å². The Morgan fingerprint density at radius 1 is 1.45 bits per heavy atom. The number of nitrogens with one attached hydrogen (secondary N) is 1. The molecule has 1 aliphatic rings. The average Bonchev–Trinajstić information content (AvgIpc) is 2.74. The van der Waals surface area contributed by atoms with E-state index >= 15 is 0 Å². The number of hydrogen-bond donors (Lipinski definition) is 1. The minimum Gasteiger partial charge on any atom is -0.302 e. The van der Waals surface area contributed by atoms with Crippen molar-refractivity contribution in [2.45, 2.75) is 31.7 Å². The molecule has 0 radical (unpaired) electrons. The topological polar surface area (TPSA) is 67.2 Å². The van der Waals surface area contributed by atoms with Crippen LogP contribution in [0.4, 0.5) is 0 Å². The second-order valence-electron chi connectivity index (χ2n) is 6.23. The number of sulfonamides is 1. The zero-order valence-corrected chi connectivity index (χ0v) is 13.3. The summed E-state index contributed by atoms with van der Waals surface area (Å²) in [5, 5.41) is 4.09. The molecule has 0 unspecified atom stereocenters. The number of rotatable bonds is 5. The Bertz CT molecular complexity index is 550. The number of aryl methyl sites for hydroxylation is 1. The Kier molecular flexibility index (Phi) is 4.51. The predicted octanol–water partition coefficient (Wildman–Crippen LogP) is 0.820. The molecule has 1 fully saturated rings. The first-order chi connectivity index (χ1) is 9.30. The van der Waals surface area contributed by atoms with E-state index in [1.54, 1.807) is 7.05 Å². The van der Waals surface area contributed by atoms with Gasteiger partial charge in [-0.1, -0.05) is 13.8 Å². The summed E-state index contributed by atoms with van der Waals surface area (Å²) in [4.78, 5) is 2.33. The molecular formula is C13H24N4O2S. The molecule has 0 spiro atoms. The summed E-state index contributed by atoms with van der Waals surface area (Å²) in [5.74, 6) is 0. The van der Waals surface area contributed by atoms with Gasteiger partial charge in [-0.2, -0.15) is 5.10 Å². The highest BCUT2D eigenvalue weighted by molar-refractivity contribution is 7.89. The van der Waals surface area contributed by atoms with Crippen molar-refractivity contribution >= 4 is 10.0 Å². The third kappa shape index (κ3) is 3.80. The maximum atomic E-state index is 12.1. The highest BCUT2D eigenvalue weighted by Gasteiger charge is 2.26. The fraction of sp³-hybridized carbons (Fsp3) is 0.769. The van der Waals surface area contributed by atoms with E-state index in [0.29, 0.717) is 12.0 Å². The summed E-state index contributed by atoms with van der Waals surface area (Å²) in [6.07, 6.45) is 3.91. The smallest absolute Gasteiger partial charge is 0.257 e. The van der Waals surface area contributed by atoms with Gasteiger partial charge in [0.1, 0.15) is 0 Å². The lowest BCUT2D eigenvalue weighted by atomic mass is 9.84. The van der Waals surface area contributed by atoms with Crippen LogP contribution in [0.25, 0.3) is 0 Å². The van der Waals surface area contributed by atoms with Gasteiger partial charge in [-0.15, -0.1) is 0 Å². The van der Waals surface area contributed by atoms with Gasteiger partial charge < -0.3 is 4.90 Å². The molecule has 0 bridgehead atoms. The molecule has 1 aliphatic heterocycles. The van der Waals surface area contributed by atoms with Crippen LogP contribution in [0.3, 0.4) is 0 Å². The van der Waals surface area contributed by atoms with Gasteiger partial charge in [0, 0.05) is 26.7 Å². The molecule has 1 aromatic heterocycles. The van der Waals surface area contributed by atoms with Crippen molar-refractivity contribution in [1.29, 1.82) is 0 Å². The zero-order valence-electron chi connectivity index (χ0n) is 12.5. The van der Waals surface area contributed by atoms with Gasteiger partial charge in [-0.3, -0.25) is 4.68 Å². The third-order valence-electron chi connectivity index (χ3n) is 3.75. The van der Waals surface area contributed by atoms with Gasteiger partial charge in [0.15, 0.2) is 5.03 Å². The van der Waals surface area contributed by atoms with E-state index < -0.39 is 10.0 Å². The predicted molar refractivity (Wildman–Crippen MR) is 77.9 cm³/mol. The number of hydrogen-bond acceptors (Lipinski definition) is 4. The first kappa shape index (κ1) is 15.5. The van der Waals surface area contributed by atoms with Crippen LogP contribution in [0.1, 0.15) is 26.7 Å². The Morgan fingerprint density at radius 3 is 2.80 bits per heavy atom. The molecule has 1 N–H and O–H groups in total. The van der Waals surface area contributed by atoms with Crippen molar-refractivity contribution in [3.8, 4) is 0 Å². The van der Waals surface area contributed by atoms with Crippen LogP contribution in [-0.4, -0.2) is 49.3 Å². The van der Waals surface area contributed by atoms with Crippen molar-refractivity contribution in [3.05, 3.63) is 12.3 Å². The van der Waals surface area contributed by atoms with Gasteiger partial charge in [0.2, 0.25) is 0 Å². The van der Waals surface area contributed by atoms with Crippen LogP contribution in [0.5, 0.6) is 0 Å². The van der Waals surface area contributed by atoms with E-state index in [2.05, 4.69) is 28.6 Å². The number of piperidine rings is 1. The quantitative estimate of drug-likeness (QED) is 0.874. The Balaban J connectivity index is 1.86. The second-order valence-corrected chi connectivity index (χ2v) is 7.95. The Morgan fingerprint density at radius 2 is 2.20 bits per heavy atom. The molecule has 6 nitrogen and oxygen atoms in total. The molecule has 0 saturated carbocycles. The zero-order chi connectivity index (χ0) is 14.8. The molecule has 7 heteroatoms. The van der Waals surface area contributed by atoms with Gasteiger partial charge in [-0.05, 0) is 30.9 Å². The molecule has 114 valence electrons. The second kappa shape index (κ2) is 5.83. The lowest BCUT2D eigenvalue weighted by Crippen LogP contribution is -2.43. The summed E-state index contributed by atoms with van der Waals surface area (Å²) < 4.78 is 28.2. The molecule has 1 aromatic rings. The first-order valence-corrected chi connectivity index (χ1v) is 8.49. The third-order valence-corrected chi connectivity index (χ3v) is 5.29. The molecule has 0 amide bonds. The minimum atomic E-state index is -3.45. The normalized spacial score (nSPS) is 20.1. The molecule has 0 aromatic carbocycles. The largest absolute Gasteiger partial charge is 0.302 e. The van der Waals surface area contributed by atoms with Crippen LogP contribution in [0.2, 0.25) is 0 Å². The lowest BCUT2D eigenvalue weighted by Gasteiger charge is -2.38. The van der Waals surface area contributed by atoms with Crippen molar-refractivity contribution in [2.75, 3.05) is 26.2 Å². The molecule has 2 heterocycles. The fourth-order valence-electron chi connectivity index (χ4n) is 2.77. The molecular weight excluding hydrogens is 276 g/mol. The summed E-state index contributed by atoms with van der Waals surface area (Å²) >= 11 is 0. The Hall–Kier alpha value is -0.920. The average molecular weight is 300 g/mol. The standard InChI is InChI=1S/C13H24N4O2S/c1-13(2)6-4-9-17(11-13)10-8-15-20(18,19)12-5-7-14-16(12)3/h5,7,15H,4,6,8-11H2,1-3H3. The monoisotopic (exact) mass is 300 g/mol. The maximum Gasteiger partial charge on any atom is 0.257 e. The van der Waals surface area contributed by atoms with Crippen molar-refractivity contribution in [2.24, 2.45) is 12.5 Å². The number of nitrogens with zero attached hydrogens (tertiary/aromatic N) is 3. The van der Waals surface area contributed by atoms with E-state index in [4.69, 9.17) is 0 Å². The van der Waals surface area contributed by atoms with E-state index in [-0.39, 0.29) is 5.03 Å². The van der Waals surface area contributed by atoms with Crippen LogP contribution in [-0.2, 0) is 17.1 Å². The highest BCUT2D eigenvalue weighted by Crippen LogP contribution is 2.27. The van der Waals surface area contributed by atoms with Crippen LogP contribution in [0.15, 0.2) is 17.3 Å². The molecule has 1 saturated heterocycles. The van der Waals surface area contributed by atoms with Gasteiger partial charge >= 0.3 is 0 Å². The van der Waals surface area contributed by atoms with Crippen LogP contribution < -0.4 is 4.72 Å². The highest BCUT2D eigenvalue weighted by atomic mass is 32.2. The Labute approximate surface area is 121 Å². The SMILES string of the molecule is Cn1nccc1S(=O)(=O)NCCN1CCCC(C)(C)C1. The maximum absolute atomic E-state index is 12.1. The summed E-state index contributed by atoms with van der Waals surface area (Å²) in [5.41, 5.74) is 0.333. The van der Waals surface area contributed by atoms with E-state index in [9.17, 15) is 8.42 Å². The van der Waals surface area contributed by atoms with E-state index in [1.807, 2.05) is 0 Å². The minimum absolute atomic E-state index is 0.205. The van der Waals surface area contributed by atoms with Gasteiger partial charge in [0.25, 0.3) is 10.0 Å². The molecule has 20 heavy (non-hydrogen) atoms. The molecule has 0 atom stereocenters. The first-order valence-electron chi connectivity index (χ1n) is 7.00. The number of likely N-dealkylation sites (tertiary alicyclic amines) is 1. The van der Waals surface area contributed by atoms with E-state index in [0.717, 1.165) is 19.6 Å². The number of aromatic nitrogens is 2. The van der Waals surface area contributed by atoms with Gasteiger partial charge in [0.05, 0.1) is 6.20 Å². The molecule has 0 aliphatic carbocycles. The van der Waals surface area contributed by atoms with Crippen molar-refractivity contribution < 1.29 is 8.42 Å². The summed E-state index contributed by atoms with van der Waals surface area (Å²) in [6.45, 7) is 7.79. The summed E-state index contributed by atoms with van der Waals surface area (Å²) in [6, 6.07) is 1.51. The van der Waals surface area contributed by atoms with Crippen molar-refractivity contribution in [3.63, 3.8) is 0 Å². The summed E-state index contributed by atoms with van der Waals surface area (Å²) in [7, 11) is -1.83. The van der Waals surface area contributed by atoms with Crippen LogP contribution >= 0.6 is 0 Å².